The highest BCUT2D eigenvalue weighted by atomic mass is 32.3. The minimum atomic E-state index is -5.01. The Morgan fingerprint density at radius 1 is 0.562 bits per heavy atom. The van der Waals surface area contributed by atoms with Crippen molar-refractivity contribution in [3.63, 3.8) is 0 Å². The van der Waals surface area contributed by atoms with E-state index < -0.39 is 153 Å². The molecular formula is C24H40O23S. The zero-order chi connectivity index (χ0) is 35.2. The van der Waals surface area contributed by atoms with E-state index in [9.17, 15) is 64.6 Å². The third-order valence-corrected chi connectivity index (χ3v) is 9.09. The minimum absolute atomic E-state index is 0.211. The lowest BCUT2D eigenvalue weighted by Gasteiger charge is -2.47. The van der Waals surface area contributed by atoms with Gasteiger partial charge in [0.1, 0.15) is 97.7 Å². The summed E-state index contributed by atoms with van der Waals surface area (Å²) in [5, 5.41) is 114. The molecule has 5 heterocycles. The van der Waals surface area contributed by atoms with E-state index in [0.717, 1.165) is 0 Å². The maximum absolute atomic E-state index is 11.1. The molecule has 5 aliphatic heterocycles. The van der Waals surface area contributed by atoms with Crippen molar-refractivity contribution in [3.05, 3.63) is 0 Å². The Kier molecular flexibility index (Phi) is 12.3. The van der Waals surface area contributed by atoms with Gasteiger partial charge < -0.3 is 94.1 Å². The Morgan fingerprint density at radius 2 is 1.08 bits per heavy atom. The lowest BCUT2D eigenvalue weighted by molar-refractivity contribution is -0.377. The molecule has 0 aromatic heterocycles. The zero-order valence-corrected chi connectivity index (χ0v) is 25.5. The number of aliphatic hydroxyl groups is 11. The number of hydrogen-bond donors (Lipinski definition) is 12. The average molecular weight is 729 g/mol. The summed E-state index contributed by atoms with van der Waals surface area (Å²) in [6, 6.07) is 0. The first-order valence-corrected chi connectivity index (χ1v) is 16.1. The maximum Gasteiger partial charge on any atom is 0.397 e. The van der Waals surface area contributed by atoms with Crippen molar-refractivity contribution in [1.29, 1.82) is 0 Å². The number of rotatable bonds is 11. The summed E-state index contributed by atoms with van der Waals surface area (Å²) >= 11 is 0. The Hall–Kier alpha value is -0.890. The molecule has 24 heteroatoms. The summed E-state index contributed by atoms with van der Waals surface area (Å²) in [7, 11) is -5.01. The van der Waals surface area contributed by atoms with E-state index in [1.54, 1.807) is 0 Å². The standard InChI is InChI=1S/C24H40O23S/c25-1-5-10(28)18(14(32)21(35)41-5)46-24-16(34)20-17(8(44-24)3-39-20)45-23-15(33)19(11(29)6(2-26)42-23)47-22-13(31)12(30)9(27)7(43-22)4-40-48(36,37)38/h5-35H,1-4H2,(H,36,37,38). The van der Waals surface area contributed by atoms with Crippen LogP contribution in [0.5, 0.6) is 0 Å². The molecule has 12 N–H and O–H groups in total. The van der Waals surface area contributed by atoms with Gasteiger partial charge >= 0.3 is 10.4 Å². The normalized spacial score (nSPS) is 51.6. The van der Waals surface area contributed by atoms with Crippen molar-refractivity contribution in [3.8, 4) is 0 Å². The van der Waals surface area contributed by atoms with Crippen LogP contribution < -0.4 is 0 Å². The van der Waals surface area contributed by atoms with Crippen LogP contribution in [0.4, 0.5) is 0 Å². The molecular weight excluding hydrogens is 688 g/mol. The second-order valence-electron chi connectivity index (χ2n) is 11.8. The molecule has 280 valence electrons. The Balaban J connectivity index is 1.26. The lowest BCUT2D eigenvalue weighted by Crippen LogP contribution is -2.66. The summed E-state index contributed by atoms with van der Waals surface area (Å²) in [5.41, 5.74) is 0. The van der Waals surface area contributed by atoms with E-state index in [4.69, 9.17) is 42.4 Å². The second kappa shape index (κ2) is 15.4. The molecule has 23 nitrogen and oxygen atoms in total. The first kappa shape index (κ1) is 38.3. The van der Waals surface area contributed by atoms with Gasteiger partial charge in [-0.2, -0.15) is 8.42 Å². The van der Waals surface area contributed by atoms with Crippen LogP contribution in [0.1, 0.15) is 0 Å². The molecule has 0 amide bonds. The van der Waals surface area contributed by atoms with Gasteiger partial charge in [-0.1, -0.05) is 0 Å². The quantitative estimate of drug-likeness (QED) is 0.0879. The van der Waals surface area contributed by atoms with Crippen LogP contribution in [-0.4, -0.2) is 218 Å². The van der Waals surface area contributed by atoms with Crippen molar-refractivity contribution in [1.82, 2.24) is 0 Å². The van der Waals surface area contributed by atoms with Gasteiger partial charge in [-0.15, -0.1) is 0 Å². The summed E-state index contributed by atoms with van der Waals surface area (Å²) in [6.07, 6.45) is -33.7. The van der Waals surface area contributed by atoms with Crippen molar-refractivity contribution < 1.29 is 111 Å². The first-order chi connectivity index (χ1) is 22.6. The monoisotopic (exact) mass is 728 g/mol. The molecule has 0 aromatic rings. The molecule has 20 atom stereocenters. The van der Waals surface area contributed by atoms with E-state index in [1.165, 1.54) is 0 Å². The molecule has 0 radical (unpaired) electrons. The molecule has 5 rings (SSSR count). The molecule has 5 fully saturated rings. The predicted octanol–water partition coefficient (Wildman–Crippen LogP) is -8.88. The van der Waals surface area contributed by atoms with E-state index in [-0.39, 0.29) is 6.61 Å². The highest BCUT2D eigenvalue weighted by Gasteiger charge is 2.58. The number of fused-ring (bicyclic) bond motifs is 2. The molecule has 5 aliphatic rings. The third-order valence-electron chi connectivity index (χ3n) is 8.65. The van der Waals surface area contributed by atoms with Gasteiger partial charge in [0, 0.05) is 0 Å². The average Bonchev–Trinajstić information content (AvgIpc) is 3.35. The minimum Gasteiger partial charge on any atom is -0.394 e. The van der Waals surface area contributed by atoms with Crippen LogP contribution in [0, 0.1) is 0 Å². The van der Waals surface area contributed by atoms with Crippen LogP contribution in [0.15, 0.2) is 0 Å². The lowest BCUT2D eigenvalue weighted by atomic mass is 9.96. The van der Waals surface area contributed by atoms with Crippen LogP contribution in [0.2, 0.25) is 0 Å². The second-order valence-corrected chi connectivity index (χ2v) is 12.9. The fraction of sp³-hybridized carbons (Fsp3) is 1.00. The first-order valence-electron chi connectivity index (χ1n) is 14.7. The smallest absolute Gasteiger partial charge is 0.394 e. The zero-order valence-electron chi connectivity index (χ0n) is 24.6. The number of hydrogen-bond acceptors (Lipinski definition) is 22. The SMILES string of the molecule is O=S(=O)(O)OCC1OC(OC2C(O)C(CO)OC(OC3C4COC3C(O)C(OC3C(O)C(O)OC(CO)C3O)O4)C2O)C(O)C(O)C1O. The van der Waals surface area contributed by atoms with Gasteiger partial charge in [-0.05, 0) is 0 Å². The number of ether oxygens (including phenoxy) is 8. The van der Waals surface area contributed by atoms with Crippen molar-refractivity contribution in [2.45, 2.75) is 123 Å². The Labute approximate surface area is 271 Å². The molecule has 0 aromatic carbocycles. The van der Waals surface area contributed by atoms with Crippen LogP contribution in [0.3, 0.4) is 0 Å². The number of aliphatic hydroxyl groups excluding tert-OH is 11. The summed E-state index contributed by atoms with van der Waals surface area (Å²) in [4.78, 5) is 0. The largest absolute Gasteiger partial charge is 0.397 e. The fourth-order valence-electron chi connectivity index (χ4n) is 6.04. The van der Waals surface area contributed by atoms with E-state index >= 15 is 0 Å². The molecule has 0 aliphatic carbocycles. The van der Waals surface area contributed by atoms with E-state index in [2.05, 4.69) is 4.18 Å². The molecule has 0 saturated carbocycles. The molecule has 5 saturated heterocycles. The summed E-state index contributed by atoms with van der Waals surface area (Å²) in [5.74, 6) is 0. The third kappa shape index (κ3) is 7.80. The van der Waals surface area contributed by atoms with Crippen molar-refractivity contribution in [2.75, 3.05) is 26.4 Å². The molecule has 20 unspecified atom stereocenters. The molecule has 0 spiro atoms. The highest BCUT2D eigenvalue weighted by molar-refractivity contribution is 7.80. The van der Waals surface area contributed by atoms with Gasteiger partial charge in [-0.25, -0.2) is 4.18 Å². The van der Waals surface area contributed by atoms with E-state index in [1.807, 2.05) is 0 Å². The Bertz CT molecular complexity index is 1160. The molecule has 48 heavy (non-hydrogen) atoms. The summed E-state index contributed by atoms with van der Waals surface area (Å²) < 4.78 is 78.9. The van der Waals surface area contributed by atoms with Gasteiger partial charge in [0.05, 0.1) is 26.4 Å². The van der Waals surface area contributed by atoms with Crippen LogP contribution in [-0.2, 0) is 52.5 Å². The maximum atomic E-state index is 11.1. The van der Waals surface area contributed by atoms with Crippen molar-refractivity contribution in [2.24, 2.45) is 0 Å². The van der Waals surface area contributed by atoms with Crippen LogP contribution >= 0.6 is 0 Å². The van der Waals surface area contributed by atoms with Crippen molar-refractivity contribution >= 4 is 10.4 Å². The Morgan fingerprint density at radius 3 is 1.69 bits per heavy atom. The van der Waals surface area contributed by atoms with Gasteiger partial charge in [0.2, 0.25) is 0 Å². The summed E-state index contributed by atoms with van der Waals surface area (Å²) in [6.45, 7) is -2.86. The van der Waals surface area contributed by atoms with Gasteiger partial charge in [0.15, 0.2) is 25.2 Å². The molecule has 2 bridgehead atoms. The fourth-order valence-corrected chi connectivity index (χ4v) is 6.35. The predicted molar refractivity (Wildman–Crippen MR) is 141 cm³/mol. The van der Waals surface area contributed by atoms with E-state index in [0.29, 0.717) is 0 Å². The van der Waals surface area contributed by atoms with Crippen LogP contribution in [0.25, 0.3) is 0 Å². The topological polar surface area (TPSA) is 360 Å². The van der Waals surface area contributed by atoms with Gasteiger partial charge in [0.25, 0.3) is 0 Å². The highest BCUT2D eigenvalue weighted by Crippen LogP contribution is 2.37. The van der Waals surface area contributed by atoms with Gasteiger partial charge in [-0.3, -0.25) is 4.55 Å².